The van der Waals surface area contributed by atoms with Crippen LogP contribution in [0.5, 0.6) is 0 Å². The van der Waals surface area contributed by atoms with Crippen molar-refractivity contribution in [2.45, 2.75) is 34.2 Å². The van der Waals surface area contributed by atoms with Crippen molar-refractivity contribution in [1.29, 1.82) is 0 Å². The fraction of sp³-hybridized carbons (Fsp3) is 0.375. The normalized spacial score (nSPS) is 12.3. The first-order chi connectivity index (χ1) is 10.3. The minimum Gasteiger partial charge on any atom is -0.326 e. The first-order valence-electron chi connectivity index (χ1n) is 7.06. The zero-order valence-electron chi connectivity index (χ0n) is 13.1. The Labute approximate surface area is 140 Å². The number of benzene rings is 1. The van der Waals surface area contributed by atoms with Crippen molar-refractivity contribution in [3.63, 3.8) is 0 Å². The third-order valence-corrected chi connectivity index (χ3v) is 4.56. The van der Waals surface area contributed by atoms with E-state index in [1.807, 2.05) is 32.4 Å². The molecule has 1 N–H and O–H groups in total. The van der Waals surface area contributed by atoms with Crippen molar-refractivity contribution < 1.29 is 4.79 Å². The zero-order chi connectivity index (χ0) is 16.4. The lowest BCUT2D eigenvalue weighted by Crippen LogP contribution is -2.25. The molecule has 0 bridgehead atoms. The molecule has 22 heavy (non-hydrogen) atoms. The number of aryl methyl sites for hydroxylation is 1. The molecule has 1 heterocycles. The molecule has 1 amide bonds. The van der Waals surface area contributed by atoms with Crippen LogP contribution >= 0.6 is 23.2 Å². The molecule has 2 rings (SSSR count). The number of halogens is 2. The fourth-order valence-corrected chi connectivity index (χ4v) is 2.44. The molecule has 0 saturated heterocycles. The Hall–Kier alpha value is -1.52. The Bertz CT molecular complexity index is 710. The maximum absolute atomic E-state index is 12.3. The van der Waals surface area contributed by atoms with Gasteiger partial charge in [0.25, 0.3) is 0 Å². The van der Waals surface area contributed by atoms with E-state index in [-0.39, 0.29) is 11.8 Å². The summed E-state index contributed by atoms with van der Waals surface area (Å²) >= 11 is 11.8. The van der Waals surface area contributed by atoms with Crippen molar-refractivity contribution in [2.75, 3.05) is 5.32 Å². The lowest BCUT2D eigenvalue weighted by Gasteiger charge is -2.14. The lowest BCUT2D eigenvalue weighted by molar-refractivity contribution is -0.119. The van der Waals surface area contributed by atoms with Crippen LogP contribution in [-0.2, 0) is 11.3 Å². The summed E-state index contributed by atoms with van der Waals surface area (Å²) in [5, 5.41) is 8.19. The SMILES string of the molecule is Cc1nn(CC(C)C(=O)Nc2ccc(Cl)c(Cl)c2)c(C)c1C. The molecule has 2 aromatic rings. The summed E-state index contributed by atoms with van der Waals surface area (Å²) in [6, 6.07) is 5.03. The third-order valence-electron chi connectivity index (χ3n) is 3.82. The van der Waals surface area contributed by atoms with Gasteiger partial charge >= 0.3 is 0 Å². The molecule has 1 unspecified atom stereocenters. The second-order valence-corrected chi connectivity index (χ2v) is 6.31. The van der Waals surface area contributed by atoms with Crippen LogP contribution in [0, 0.1) is 26.7 Å². The van der Waals surface area contributed by atoms with Gasteiger partial charge in [-0.05, 0) is 44.5 Å². The highest BCUT2D eigenvalue weighted by Crippen LogP contribution is 2.25. The van der Waals surface area contributed by atoms with Crippen LogP contribution in [0.1, 0.15) is 23.9 Å². The van der Waals surface area contributed by atoms with E-state index in [9.17, 15) is 4.79 Å². The molecule has 6 heteroatoms. The van der Waals surface area contributed by atoms with Gasteiger partial charge < -0.3 is 5.32 Å². The van der Waals surface area contributed by atoms with Crippen LogP contribution in [0.25, 0.3) is 0 Å². The second kappa shape index (κ2) is 6.71. The number of rotatable bonds is 4. The summed E-state index contributed by atoms with van der Waals surface area (Å²) in [6.45, 7) is 8.43. The van der Waals surface area contributed by atoms with Gasteiger partial charge in [0.05, 0.1) is 28.2 Å². The number of hydrogen-bond donors (Lipinski definition) is 1. The van der Waals surface area contributed by atoms with Gasteiger partial charge in [0.2, 0.25) is 5.91 Å². The predicted molar refractivity (Wildman–Crippen MR) is 90.7 cm³/mol. The monoisotopic (exact) mass is 339 g/mol. The van der Waals surface area contributed by atoms with Crippen molar-refractivity contribution in [3.8, 4) is 0 Å². The van der Waals surface area contributed by atoms with E-state index < -0.39 is 0 Å². The molecule has 0 fully saturated rings. The van der Waals surface area contributed by atoms with Crippen molar-refractivity contribution in [1.82, 2.24) is 9.78 Å². The highest BCUT2D eigenvalue weighted by atomic mass is 35.5. The molecule has 118 valence electrons. The predicted octanol–water partition coefficient (Wildman–Crippen LogP) is 4.39. The number of carbonyl (C=O) groups excluding carboxylic acids is 1. The van der Waals surface area contributed by atoms with Crippen LogP contribution in [0.2, 0.25) is 10.0 Å². The number of nitrogens with one attached hydrogen (secondary N) is 1. The van der Waals surface area contributed by atoms with E-state index in [4.69, 9.17) is 23.2 Å². The summed E-state index contributed by atoms with van der Waals surface area (Å²) in [5.74, 6) is -0.296. The number of anilines is 1. The van der Waals surface area contributed by atoms with E-state index in [1.54, 1.807) is 18.2 Å². The van der Waals surface area contributed by atoms with Crippen molar-refractivity contribution in [2.24, 2.45) is 5.92 Å². The Balaban J connectivity index is 2.05. The minimum atomic E-state index is -0.216. The van der Waals surface area contributed by atoms with Gasteiger partial charge in [-0.1, -0.05) is 30.1 Å². The second-order valence-electron chi connectivity index (χ2n) is 5.50. The first kappa shape index (κ1) is 16.8. The Kier molecular flexibility index (Phi) is 5.14. The van der Waals surface area contributed by atoms with Gasteiger partial charge in [0.1, 0.15) is 0 Å². The molecule has 1 atom stereocenters. The van der Waals surface area contributed by atoms with Crippen LogP contribution in [-0.4, -0.2) is 15.7 Å². The van der Waals surface area contributed by atoms with E-state index in [0.29, 0.717) is 22.3 Å². The van der Waals surface area contributed by atoms with E-state index in [2.05, 4.69) is 10.4 Å². The lowest BCUT2D eigenvalue weighted by atomic mass is 10.1. The smallest absolute Gasteiger partial charge is 0.229 e. The molecular weight excluding hydrogens is 321 g/mol. The van der Waals surface area contributed by atoms with E-state index >= 15 is 0 Å². The highest BCUT2D eigenvalue weighted by Gasteiger charge is 2.17. The zero-order valence-corrected chi connectivity index (χ0v) is 14.6. The number of aromatic nitrogens is 2. The van der Waals surface area contributed by atoms with Crippen molar-refractivity contribution >= 4 is 34.8 Å². The maximum atomic E-state index is 12.3. The summed E-state index contributed by atoms with van der Waals surface area (Å²) in [5.41, 5.74) is 3.88. The van der Waals surface area contributed by atoms with Crippen LogP contribution in [0.4, 0.5) is 5.69 Å². The molecule has 4 nitrogen and oxygen atoms in total. The molecule has 0 saturated carbocycles. The largest absolute Gasteiger partial charge is 0.326 e. The molecule has 1 aromatic carbocycles. The molecular formula is C16H19Cl2N3O. The van der Waals surface area contributed by atoms with Crippen LogP contribution < -0.4 is 5.32 Å². The molecule has 0 aliphatic carbocycles. The fourth-order valence-electron chi connectivity index (χ4n) is 2.15. The molecule has 1 aromatic heterocycles. The molecule has 0 spiro atoms. The number of carbonyl (C=O) groups is 1. The quantitative estimate of drug-likeness (QED) is 0.897. The van der Waals surface area contributed by atoms with Gasteiger partial charge in [0, 0.05) is 11.4 Å². The Morgan fingerprint density at radius 2 is 1.95 bits per heavy atom. The van der Waals surface area contributed by atoms with Crippen LogP contribution in [0.15, 0.2) is 18.2 Å². The highest BCUT2D eigenvalue weighted by molar-refractivity contribution is 6.42. The number of hydrogen-bond acceptors (Lipinski definition) is 2. The molecule has 0 aliphatic rings. The average molecular weight is 340 g/mol. The summed E-state index contributed by atoms with van der Waals surface area (Å²) < 4.78 is 1.88. The first-order valence-corrected chi connectivity index (χ1v) is 7.81. The van der Waals surface area contributed by atoms with E-state index in [1.165, 1.54) is 0 Å². The van der Waals surface area contributed by atoms with Crippen LogP contribution in [0.3, 0.4) is 0 Å². The maximum Gasteiger partial charge on any atom is 0.229 e. The molecule has 0 radical (unpaired) electrons. The Morgan fingerprint density at radius 1 is 1.27 bits per heavy atom. The Morgan fingerprint density at radius 3 is 2.50 bits per heavy atom. The third kappa shape index (κ3) is 3.62. The summed E-state index contributed by atoms with van der Waals surface area (Å²) in [7, 11) is 0. The van der Waals surface area contributed by atoms with Gasteiger partial charge in [0.15, 0.2) is 0 Å². The number of amides is 1. The van der Waals surface area contributed by atoms with Gasteiger partial charge in [-0.25, -0.2) is 0 Å². The summed E-state index contributed by atoms with van der Waals surface area (Å²) in [4.78, 5) is 12.3. The van der Waals surface area contributed by atoms with Crippen molar-refractivity contribution in [3.05, 3.63) is 45.2 Å². The summed E-state index contributed by atoms with van der Waals surface area (Å²) in [6.07, 6.45) is 0. The standard InChI is InChI=1S/C16H19Cl2N3O/c1-9(8-21-12(4)10(2)11(3)20-21)16(22)19-13-5-6-14(17)15(18)7-13/h5-7,9H,8H2,1-4H3,(H,19,22). The van der Waals surface area contributed by atoms with E-state index in [0.717, 1.165) is 17.0 Å². The van der Waals surface area contributed by atoms with Gasteiger partial charge in [-0.15, -0.1) is 0 Å². The number of nitrogens with zero attached hydrogens (tertiary/aromatic N) is 2. The minimum absolute atomic E-state index is 0.0800. The average Bonchev–Trinajstić information content (AvgIpc) is 2.70. The van der Waals surface area contributed by atoms with Gasteiger partial charge in [-0.2, -0.15) is 5.10 Å². The van der Waals surface area contributed by atoms with Gasteiger partial charge in [-0.3, -0.25) is 9.48 Å². The molecule has 0 aliphatic heterocycles. The topological polar surface area (TPSA) is 46.9 Å².